The smallest absolute Gasteiger partial charge is 0.328 e. The summed E-state index contributed by atoms with van der Waals surface area (Å²) >= 11 is 0. The summed E-state index contributed by atoms with van der Waals surface area (Å²) in [6.45, 7) is 1.79. The number of nitrogens with zero attached hydrogens (tertiary/aromatic N) is 1. The second-order valence-corrected chi connectivity index (χ2v) is 8.61. The van der Waals surface area contributed by atoms with Gasteiger partial charge in [0.25, 0.3) is 0 Å². The first-order valence-corrected chi connectivity index (χ1v) is 10.5. The molecule has 1 heterocycles. The Morgan fingerprint density at radius 3 is 2.68 bits per heavy atom. The van der Waals surface area contributed by atoms with Crippen molar-refractivity contribution >= 4 is 17.7 Å². The largest absolute Gasteiger partial charge is 0.467 e. The molecule has 2 saturated carbocycles. The maximum absolute atomic E-state index is 13.4. The van der Waals surface area contributed by atoms with Crippen LogP contribution in [0, 0.1) is 23.7 Å². The minimum absolute atomic E-state index is 0.0186. The zero-order valence-corrected chi connectivity index (χ0v) is 16.7. The molecule has 1 unspecified atom stereocenters. The van der Waals surface area contributed by atoms with Crippen LogP contribution in [0.4, 0.5) is 0 Å². The predicted molar refractivity (Wildman–Crippen MR) is 104 cm³/mol. The first-order valence-electron chi connectivity index (χ1n) is 10.5. The highest BCUT2D eigenvalue weighted by molar-refractivity contribution is 6.00. The SMILES string of the molecule is COC(=O)[C@H](CCc1ccccc1)N1C(=O)[C@@H]2C[C@@H]3CCC[C@@H]3C2C(=O)[C@@H]1C. The van der Waals surface area contributed by atoms with Gasteiger partial charge in [0.05, 0.1) is 13.2 Å². The number of rotatable bonds is 5. The van der Waals surface area contributed by atoms with Gasteiger partial charge in [-0.15, -0.1) is 0 Å². The van der Waals surface area contributed by atoms with Gasteiger partial charge in [0.15, 0.2) is 5.78 Å². The molecule has 1 aromatic carbocycles. The van der Waals surface area contributed by atoms with Crippen LogP contribution >= 0.6 is 0 Å². The van der Waals surface area contributed by atoms with Gasteiger partial charge in [0, 0.05) is 11.8 Å². The van der Waals surface area contributed by atoms with E-state index >= 15 is 0 Å². The summed E-state index contributed by atoms with van der Waals surface area (Å²) in [5, 5.41) is 0. The summed E-state index contributed by atoms with van der Waals surface area (Å²) < 4.78 is 5.03. The Balaban J connectivity index is 1.58. The third-order valence-corrected chi connectivity index (χ3v) is 7.26. The van der Waals surface area contributed by atoms with E-state index in [1.807, 2.05) is 30.3 Å². The van der Waals surface area contributed by atoms with Crippen LogP contribution in [-0.4, -0.2) is 41.8 Å². The van der Waals surface area contributed by atoms with Gasteiger partial charge in [0.2, 0.25) is 5.91 Å². The molecule has 2 aliphatic carbocycles. The minimum Gasteiger partial charge on any atom is -0.467 e. The van der Waals surface area contributed by atoms with E-state index in [0.717, 1.165) is 24.8 Å². The number of hydrogen-bond acceptors (Lipinski definition) is 4. The van der Waals surface area contributed by atoms with Gasteiger partial charge in [-0.3, -0.25) is 9.59 Å². The number of methoxy groups -OCH3 is 1. The first-order chi connectivity index (χ1) is 13.5. The highest BCUT2D eigenvalue weighted by atomic mass is 16.5. The standard InChI is InChI=1S/C23H29NO4/c1-14-21(25)20-17-10-6-9-16(17)13-18(20)22(26)24(14)19(23(27)28-2)12-11-15-7-4-3-5-8-15/h3-5,7-8,14,16-20H,6,9-13H2,1-2H3/t14-,16-,17-,18+,19-,20?/m0/s1. The molecule has 0 bridgehead atoms. The number of hydrogen-bond donors (Lipinski definition) is 0. The van der Waals surface area contributed by atoms with Crippen molar-refractivity contribution in [2.75, 3.05) is 7.11 Å². The number of carbonyl (C=O) groups excluding carboxylic acids is 3. The monoisotopic (exact) mass is 383 g/mol. The molecule has 0 aromatic heterocycles. The quantitative estimate of drug-likeness (QED) is 0.733. The number of fused-ring (bicyclic) bond motifs is 3. The lowest BCUT2D eigenvalue weighted by atomic mass is 9.77. The van der Waals surface area contributed by atoms with Gasteiger partial charge >= 0.3 is 5.97 Å². The van der Waals surface area contributed by atoms with Crippen molar-refractivity contribution in [2.45, 2.75) is 57.5 Å². The predicted octanol–water partition coefficient (Wildman–Crippen LogP) is 3.01. The third kappa shape index (κ3) is 3.15. The van der Waals surface area contributed by atoms with Crippen LogP contribution in [0.5, 0.6) is 0 Å². The lowest BCUT2D eigenvalue weighted by Gasteiger charge is -2.43. The Kier molecular flexibility index (Phi) is 5.26. The van der Waals surface area contributed by atoms with E-state index in [2.05, 4.69) is 0 Å². The Labute approximate surface area is 166 Å². The maximum atomic E-state index is 13.4. The Morgan fingerprint density at radius 2 is 1.96 bits per heavy atom. The molecule has 1 amide bonds. The summed E-state index contributed by atoms with van der Waals surface area (Å²) in [6.07, 6.45) is 5.28. The zero-order valence-electron chi connectivity index (χ0n) is 16.7. The summed E-state index contributed by atoms with van der Waals surface area (Å²) in [5.41, 5.74) is 1.10. The molecule has 0 spiro atoms. The summed E-state index contributed by atoms with van der Waals surface area (Å²) in [6, 6.07) is 8.62. The second-order valence-electron chi connectivity index (χ2n) is 8.61. The molecule has 3 fully saturated rings. The number of Topliss-reactive ketones (excluding diaryl/α,β-unsaturated/α-hetero) is 1. The van der Waals surface area contributed by atoms with Gasteiger partial charge in [-0.25, -0.2) is 4.79 Å². The van der Waals surface area contributed by atoms with Crippen molar-refractivity contribution in [3.8, 4) is 0 Å². The second kappa shape index (κ2) is 7.69. The third-order valence-electron chi connectivity index (χ3n) is 7.26. The summed E-state index contributed by atoms with van der Waals surface area (Å²) in [4.78, 5) is 40.8. The molecule has 1 aromatic rings. The van der Waals surface area contributed by atoms with E-state index in [4.69, 9.17) is 4.74 Å². The minimum atomic E-state index is -0.710. The molecule has 6 atom stereocenters. The lowest BCUT2D eigenvalue weighted by molar-refractivity contribution is -0.165. The van der Waals surface area contributed by atoms with E-state index in [0.29, 0.717) is 24.7 Å². The molecule has 0 radical (unpaired) electrons. The van der Waals surface area contributed by atoms with Crippen molar-refractivity contribution in [2.24, 2.45) is 23.7 Å². The van der Waals surface area contributed by atoms with E-state index < -0.39 is 18.1 Å². The van der Waals surface area contributed by atoms with Crippen molar-refractivity contribution in [1.29, 1.82) is 0 Å². The molecule has 5 nitrogen and oxygen atoms in total. The number of likely N-dealkylation sites (tertiary alicyclic amines) is 1. The van der Waals surface area contributed by atoms with Gasteiger partial charge in [0.1, 0.15) is 6.04 Å². The number of amides is 1. The number of carbonyl (C=O) groups is 3. The molecule has 28 heavy (non-hydrogen) atoms. The highest BCUT2D eigenvalue weighted by Crippen LogP contribution is 2.53. The number of esters is 1. The van der Waals surface area contributed by atoms with Crippen LogP contribution in [-0.2, 0) is 25.5 Å². The van der Waals surface area contributed by atoms with Crippen LogP contribution in [0.15, 0.2) is 30.3 Å². The molecule has 150 valence electrons. The summed E-state index contributed by atoms with van der Waals surface area (Å²) in [5.74, 6) is 0.174. The summed E-state index contributed by atoms with van der Waals surface area (Å²) in [7, 11) is 1.35. The fourth-order valence-corrected chi connectivity index (χ4v) is 5.94. The molecular formula is C23H29NO4. The topological polar surface area (TPSA) is 63.7 Å². The molecule has 1 saturated heterocycles. The molecule has 5 heteroatoms. The van der Waals surface area contributed by atoms with Crippen molar-refractivity contribution < 1.29 is 19.1 Å². The van der Waals surface area contributed by atoms with Gasteiger partial charge in [-0.1, -0.05) is 43.2 Å². The van der Waals surface area contributed by atoms with Crippen molar-refractivity contribution in [3.63, 3.8) is 0 Å². The van der Waals surface area contributed by atoms with E-state index in [1.54, 1.807) is 11.8 Å². The number of benzene rings is 1. The number of piperidine rings is 1. The van der Waals surface area contributed by atoms with E-state index in [1.165, 1.54) is 13.5 Å². The van der Waals surface area contributed by atoms with Gasteiger partial charge in [-0.05, 0) is 50.0 Å². The first kappa shape index (κ1) is 19.2. The number of ether oxygens (including phenoxy) is 1. The molecule has 4 rings (SSSR count). The Hall–Kier alpha value is -2.17. The highest BCUT2D eigenvalue weighted by Gasteiger charge is 2.58. The Morgan fingerprint density at radius 1 is 1.21 bits per heavy atom. The van der Waals surface area contributed by atoms with Crippen LogP contribution in [0.25, 0.3) is 0 Å². The number of aryl methyl sites for hydroxylation is 1. The van der Waals surface area contributed by atoms with Crippen LogP contribution in [0.3, 0.4) is 0 Å². The molecule has 0 N–H and O–H groups in total. The molecular weight excluding hydrogens is 354 g/mol. The van der Waals surface area contributed by atoms with E-state index in [9.17, 15) is 14.4 Å². The van der Waals surface area contributed by atoms with Gasteiger partial charge < -0.3 is 9.64 Å². The van der Waals surface area contributed by atoms with Crippen molar-refractivity contribution in [3.05, 3.63) is 35.9 Å². The average molecular weight is 383 g/mol. The fraction of sp³-hybridized carbons (Fsp3) is 0.609. The Bertz CT molecular complexity index is 761. The number of ketones is 1. The fourth-order valence-electron chi connectivity index (χ4n) is 5.94. The van der Waals surface area contributed by atoms with E-state index in [-0.39, 0.29) is 23.5 Å². The van der Waals surface area contributed by atoms with Crippen LogP contribution < -0.4 is 0 Å². The molecule has 1 aliphatic heterocycles. The van der Waals surface area contributed by atoms with Crippen LogP contribution in [0.1, 0.15) is 44.6 Å². The average Bonchev–Trinajstić information content (AvgIpc) is 3.30. The maximum Gasteiger partial charge on any atom is 0.328 e. The van der Waals surface area contributed by atoms with Crippen LogP contribution in [0.2, 0.25) is 0 Å². The lowest BCUT2D eigenvalue weighted by Crippen LogP contribution is -2.61. The van der Waals surface area contributed by atoms with Crippen molar-refractivity contribution in [1.82, 2.24) is 4.90 Å². The normalized spacial score (nSPS) is 32.8. The molecule has 3 aliphatic rings. The van der Waals surface area contributed by atoms with Gasteiger partial charge in [-0.2, -0.15) is 0 Å². The zero-order chi connectivity index (χ0) is 19.8.